The van der Waals surface area contributed by atoms with Crippen LogP contribution in [-0.4, -0.2) is 51.7 Å². The van der Waals surface area contributed by atoms with E-state index in [9.17, 15) is 19.8 Å². The Morgan fingerprint density at radius 3 is 2.35 bits per heavy atom. The normalized spacial score (nSPS) is 15.9. The second-order valence-electron chi connectivity index (χ2n) is 6.70. The van der Waals surface area contributed by atoms with Crippen LogP contribution >= 0.6 is 0 Å². The Labute approximate surface area is 136 Å². The summed E-state index contributed by atoms with van der Waals surface area (Å²) in [6.45, 7) is 3.06. The van der Waals surface area contributed by atoms with Gasteiger partial charge in [0, 0.05) is 25.2 Å². The highest BCUT2D eigenvalue weighted by Gasteiger charge is 2.33. The summed E-state index contributed by atoms with van der Waals surface area (Å²) in [5.41, 5.74) is -0.0613. The van der Waals surface area contributed by atoms with Crippen molar-refractivity contribution in [3.63, 3.8) is 0 Å². The first kappa shape index (κ1) is 17.4. The summed E-state index contributed by atoms with van der Waals surface area (Å²) in [5, 5.41) is 22.4. The lowest BCUT2D eigenvalue weighted by Gasteiger charge is -2.28. The molecule has 0 spiro atoms. The maximum Gasteiger partial charge on any atom is 0.254 e. The number of rotatable bonds is 6. The molecular weight excluding hydrogens is 296 g/mol. The van der Waals surface area contributed by atoms with Crippen molar-refractivity contribution in [2.24, 2.45) is 0 Å². The van der Waals surface area contributed by atoms with Crippen LogP contribution < -0.4 is 5.32 Å². The third kappa shape index (κ3) is 4.77. The molecule has 1 aliphatic carbocycles. The van der Waals surface area contributed by atoms with Crippen LogP contribution in [0.2, 0.25) is 0 Å². The number of carbonyl (C=O) groups excluding carboxylic acids is 2. The number of nitrogens with one attached hydrogen (secondary N) is 1. The van der Waals surface area contributed by atoms with Crippen molar-refractivity contribution in [2.45, 2.75) is 51.0 Å². The lowest BCUT2D eigenvalue weighted by molar-refractivity contribution is -0.151. The predicted molar refractivity (Wildman–Crippen MR) is 85.7 cm³/mol. The first-order chi connectivity index (χ1) is 10.7. The average molecular weight is 320 g/mol. The van der Waals surface area contributed by atoms with Gasteiger partial charge in [0.1, 0.15) is 0 Å². The van der Waals surface area contributed by atoms with Crippen molar-refractivity contribution in [3.05, 3.63) is 35.4 Å². The van der Waals surface area contributed by atoms with E-state index in [-0.39, 0.29) is 12.5 Å². The van der Waals surface area contributed by atoms with Crippen molar-refractivity contribution < 1.29 is 19.8 Å². The summed E-state index contributed by atoms with van der Waals surface area (Å²) >= 11 is 0. The highest BCUT2D eigenvalue weighted by Crippen LogP contribution is 2.19. The molecule has 6 heteroatoms. The zero-order valence-electron chi connectivity index (χ0n) is 13.7. The Bertz CT molecular complexity index is 573. The lowest BCUT2D eigenvalue weighted by Crippen LogP contribution is -2.48. The number of aliphatic hydroxyl groups excluding tert-OH is 1. The summed E-state index contributed by atoms with van der Waals surface area (Å²) in [4.78, 5) is 25.3. The molecule has 0 saturated heterocycles. The van der Waals surface area contributed by atoms with Gasteiger partial charge in [0.15, 0.2) is 6.10 Å². The Morgan fingerprint density at radius 2 is 1.87 bits per heavy atom. The average Bonchev–Trinajstić information content (AvgIpc) is 3.29. The van der Waals surface area contributed by atoms with Gasteiger partial charge in [-0.05, 0) is 44.4 Å². The van der Waals surface area contributed by atoms with Gasteiger partial charge in [-0.15, -0.1) is 0 Å². The molecule has 1 aromatic carbocycles. The first-order valence-electron chi connectivity index (χ1n) is 7.73. The van der Waals surface area contributed by atoms with E-state index in [4.69, 9.17) is 0 Å². The SMILES string of the molecule is CN(Cc1ccc(C(=O)NC2CC2)cc1)C(=O)C(O)C(C)(C)O. The fourth-order valence-electron chi connectivity index (χ4n) is 2.12. The van der Waals surface area contributed by atoms with Crippen LogP contribution in [0.3, 0.4) is 0 Å². The number of hydrogen-bond acceptors (Lipinski definition) is 4. The van der Waals surface area contributed by atoms with Crippen molar-refractivity contribution in [1.29, 1.82) is 0 Å². The molecule has 23 heavy (non-hydrogen) atoms. The van der Waals surface area contributed by atoms with E-state index in [0.717, 1.165) is 18.4 Å². The molecule has 0 heterocycles. The van der Waals surface area contributed by atoms with Crippen LogP contribution in [0.1, 0.15) is 42.6 Å². The summed E-state index contributed by atoms with van der Waals surface area (Å²) in [5.74, 6) is -0.631. The third-order valence-corrected chi connectivity index (χ3v) is 3.83. The van der Waals surface area contributed by atoms with E-state index in [1.54, 1.807) is 31.3 Å². The van der Waals surface area contributed by atoms with Gasteiger partial charge in [-0.25, -0.2) is 0 Å². The van der Waals surface area contributed by atoms with Crippen LogP contribution in [0, 0.1) is 0 Å². The van der Waals surface area contributed by atoms with Crippen LogP contribution in [0.25, 0.3) is 0 Å². The van der Waals surface area contributed by atoms with Gasteiger partial charge in [-0.2, -0.15) is 0 Å². The number of likely N-dealkylation sites (N-methyl/N-ethyl adjacent to an activating group) is 1. The quantitative estimate of drug-likeness (QED) is 0.718. The predicted octanol–water partition coefficient (Wildman–Crippen LogP) is 0.669. The second kappa shape index (κ2) is 6.68. The molecule has 1 unspecified atom stereocenters. The maximum atomic E-state index is 12.0. The van der Waals surface area contributed by atoms with E-state index in [0.29, 0.717) is 11.6 Å². The molecule has 2 amide bonds. The summed E-state index contributed by atoms with van der Waals surface area (Å²) < 4.78 is 0. The topological polar surface area (TPSA) is 89.9 Å². The van der Waals surface area contributed by atoms with E-state index in [1.807, 2.05) is 0 Å². The number of aliphatic hydroxyl groups is 2. The minimum Gasteiger partial charge on any atom is -0.387 e. The number of amides is 2. The minimum absolute atomic E-state index is 0.0825. The molecular formula is C17H24N2O4. The van der Waals surface area contributed by atoms with E-state index >= 15 is 0 Å². The molecule has 1 atom stereocenters. The summed E-state index contributed by atoms with van der Waals surface area (Å²) in [7, 11) is 1.56. The van der Waals surface area contributed by atoms with Gasteiger partial charge < -0.3 is 20.4 Å². The highest BCUT2D eigenvalue weighted by molar-refractivity contribution is 5.94. The van der Waals surface area contributed by atoms with Crippen LogP contribution in [0.4, 0.5) is 0 Å². The third-order valence-electron chi connectivity index (χ3n) is 3.83. The molecule has 0 aliphatic heterocycles. The van der Waals surface area contributed by atoms with Crippen molar-refractivity contribution in [1.82, 2.24) is 10.2 Å². The summed E-state index contributed by atoms with van der Waals surface area (Å²) in [6, 6.07) is 7.31. The smallest absolute Gasteiger partial charge is 0.254 e. The molecule has 0 aromatic heterocycles. The molecule has 0 bridgehead atoms. The number of hydrogen-bond donors (Lipinski definition) is 3. The number of benzene rings is 1. The van der Waals surface area contributed by atoms with Crippen LogP contribution in [0.15, 0.2) is 24.3 Å². The van der Waals surface area contributed by atoms with E-state index < -0.39 is 17.6 Å². The van der Waals surface area contributed by atoms with Gasteiger partial charge in [0.25, 0.3) is 11.8 Å². The van der Waals surface area contributed by atoms with Gasteiger partial charge >= 0.3 is 0 Å². The maximum absolute atomic E-state index is 12.0. The Morgan fingerprint density at radius 1 is 1.30 bits per heavy atom. The highest BCUT2D eigenvalue weighted by atomic mass is 16.3. The molecule has 2 rings (SSSR count). The largest absolute Gasteiger partial charge is 0.387 e. The molecule has 1 aromatic rings. The lowest BCUT2D eigenvalue weighted by atomic mass is 10.0. The van der Waals surface area contributed by atoms with Gasteiger partial charge in [0.2, 0.25) is 0 Å². The number of nitrogens with zero attached hydrogens (tertiary/aromatic N) is 1. The molecule has 1 saturated carbocycles. The zero-order chi connectivity index (χ0) is 17.2. The van der Waals surface area contributed by atoms with Gasteiger partial charge in [-0.1, -0.05) is 12.1 Å². The molecule has 126 valence electrons. The standard InChI is InChI=1S/C17H24N2O4/c1-17(2,23)14(20)16(22)19(3)10-11-4-6-12(7-5-11)15(21)18-13-8-9-13/h4-7,13-14,20,23H,8-10H2,1-3H3,(H,18,21). The zero-order valence-corrected chi connectivity index (χ0v) is 13.7. The minimum atomic E-state index is -1.49. The molecule has 0 radical (unpaired) electrons. The Balaban J connectivity index is 1.94. The van der Waals surface area contributed by atoms with Crippen molar-refractivity contribution >= 4 is 11.8 Å². The van der Waals surface area contributed by atoms with Crippen molar-refractivity contribution in [2.75, 3.05) is 7.05 Å². The Hall–Kier alpha value is -1.92. The molecule has 1 fully saturated rings. The van der Waals surface area contributed by atoms with Crippen molar-refractivity contribution in [3.8, 4) is 0 Å². The van der Waals surface area contributed by atoms with Gasteiger partial charge in [0.05, 0.1) is 5.60 Å². The molecule has 3 N–H and O–H groups in total. The fourth-order valence-corrected chi connectivity index (χ4v) is 2.12. The molecule has 1 aliphatic rings. The van der Waals surface area contributed by atoms with E-state index in [2.05, 4.69) is 5.32 Å². The van der Waals surface area contributed by atoms with Gasteiger partial charge in [-0.3, -0.25) is 9.59 Å². The van der Waals surface area contributed by atoms with Crippen LogP contribution in [0.5, 0.6) is 0 Å². The monoisotopic (exact) mass is 320 g/mol. The molecule has 6 nitrogen and oxygen atoms in total. The Kier molecular flexibility index (Phi) is 5.06. The number of carbonyl (C=O) groups is 2. The van der Waals surface area contributed by atoms with Crippen LogP contribution in [-0.2, 0) is 11.3 Å². The first-order valence-corrected chi connectivity index (χ1v) is 7.73. The van der Waals surface area contributed by atoms with E-state index in [1.165, 1.54) is 18.7 Å². The summed E-state index contributed by atoms with van der Waals surface area (Å²) in [6.07, 6.45) is 0.608. The second-order valence-corrected chi connectivity index (χ2v) is 6.70. The fraction of sp³-hybridized carbons (Fsp3) is 0.529.